The Kier molecular flexibility index (Phi) is 3.56. The lowest BCUT2D eigenvalue weighted by Gasteiger charge is -2.14. The van der Waals surface area contributed by atoms with Gasteiger partial charge in [-0.05, 0) is 6.07 Å². The molecule has 0 fully saturated rings. The monoisotopic (exact) mass is 275 g/mol. The van der Waals surface area contributed by atoms with Crippen molar-refractivity contribution in [2.45, 2.75) is 6.92 Å². The summed E-state index contributed by atoms with van der Waals surface area (Å²) in [5.74, 6) is -1.30. The van der Waals surface area contributed by atoms with Crippen LogP contribution in [0.3, 0.4) is 0 Å². The molecule has 0 atom stereocenters. The molecule has 0 bridgehead atoms. The minimum absolute atomic E-state index is 0.0297. The maximum atomic E-state index is 12.2. The van der Waals surface area contributed by atoms with E-state index in [0.717, 1.165) is 4.57 Å². The highest BCUT2D eigenvalue weighted by molar-refractivity contribution is 6.00. The van der Waals surface area contributed by atoms with Gasteiger partial charge in [-0.1, -0.05) is 18.2 Å². The highest BCUT2D eigenvalue weighted by Crippen LogP contribution is 2.28. The summed E-state index contributed by atoms with van der Waals surface area (Å²) < 4.78 is 10.9. The number of rotatable bonds is 2. The van der Waals surface area contributed by atoms with Crippen LogP contribution >= 0.6 is 0 Å². The Morgan fingerprint density at radius 3 is 2.30 bits per heavy atom. The molecule has 0 saturated carbocycles. The maximum Gasteiger partial charge on any atom is 0.358 e. The van der Waals surface area contributed by atoms with E-state index in [1.54, 1.807) is 24.3 Å². The van der Waals surface area contributed by atoms with Gasteiger partial charge in [0.1, 0.15) is 0 Å². The first kappa shape index (κ1) is 13.8. The quantitative estimate of drug-likeness (QED) is 0.771. The van der Waals surface area contributed by atoms with Gasteiger partial charge in [0.15, 0.2) is 11.4 Å². The number of hydrogen-bond donors (Lipinski definition) is 0. The number of ether oxygens (including phenoxy) is 2. The number of carbonyl (C=O) groups is 2. The van der Waals surface area contributed by atoms with Crippen molar-refractivity contribution in [1.82, 2.24) is 4.57 Å². The van der Waals surface area contributed by atoms with Gasteiger partial charge in [-0.3, -0.25) is 9.59 Å². The van der Waals surface area contributed by atoms with Crippen LogP contribution in [-0.2, 0) is 16.6 Å². The molecule has 0 aliphatic rings. The molecule has 0 spiro atoms. The van der Waals surface area contributed by atoms with Crippen molar-refractivity contribution in [2.75, 3.05) is 7.11 Å². The topological polar surface area (TPSA) is 74.6 Å². The normalized spacial score (nSPS) is 10.3. The summed E-state index contributed by atoms with van der Waals surface area (Å²) in [5.41, 5.74) is -0.455. The summed E-state index contributed by atoms with van der Waals surface area (Å²) in [6.07, 6.45) is 0. The average molecular weight is 275 g/mol. The van der Waals surface area contributed by atoms with E-state index < -0.39 is 11.9 Å². The Balaban J connectivity index is 2.95. The van der Waals surface area contributed by atoms with Crippen LogP contribution in [0.2, 0.25) is 0 Å². The van der Waals surface area contributed by atoms with Gasteiger partial charge in [-0.15, -0.1) is 0 Å². The van der Waals surface area contributed by atoms with Gasteiger partial charge < -0.3 is 14.0 Å². The molecule has 0 aliphatic heterocycles. The van der Waals surface area contributed by atoms with Gasteiger partial charge in [0.2, 0.25) is 0 Å². The molecule has 20 heavy (non-hydrogen) atoms. The molecule has 1 heterocycles. The third-order valence-corrected chi connectivity index (χ3v) is 2.88. The molecular formula is C14H13NO5. The fourth-order valence-electron chi connectivity index (χ4n) is 2.00. The lowest BCUT2D eigenvalue weighted by Crippen LogP contribution is -2.26. The summed E-state index contributed by atoms with van der Waals surface area (Å²) in [7, 11) is 2.62. The highest BCUT2D eigenvalue weighted by atomic mass is 16.5. The minimum Gasteiger partial charge on any atom is -0.464 e. The van der Waals surface area contributed by atoms with Gasteiger partial charge >= 0.3 is 11.9 Å². The van der Waals surface area contributed by atoms with E-state index in [-0.39, 0.29) is 17.0 Å². The van der Waals surface area contributed by atoms with Crippen LogP contribution in [0.4, 0.5) is 0 Å². The van der Waals surface area contributed by atoms with E-state index in [1.165, 1.54) is 21.1 Å². The molecule has 2 aromatic rings. The molecule has 6 nitrogen and oxygen atoms in total. The first-order valence-electron chi connectivity index (χ1n) is 5.85. The van der Waals surface area contributed by atoms with Crippen LogP contribution in [-0.4, -0.2) is 23.6 Å². The van der Waals surface area contributed by atoms with E-state index in [4.69, 9.17) is 4.74 Å². The van der Waals surface area contributed by atoms with Crippen molar-refractivity contribution < 1.29 is 19.1 Å². The summed E-state index contributed by atoms with van der Waals surface area (Å²) in [5, 5.41) is 0.755. The Bertz CT molecular complexity index is 760. The number of aromatic nitrogens is 1. The fourth-order valence-corrected chi connectivity index (χ4v) is 2.00. The molecule has 0 radical (unpaired) electrons. The Labute approximate surface area is 114 Å². The van der Waals surface area contributed by atoms with Crippen LogP contribution in [0.1, 0.15) is 17.4 Å². The van der Waals surface area contributed by atoms with Crippen molar-refractivity contribution in [1.29, 1.82) is 0 Å². The minimum atomic E-state index is -0.744. The lowest BCUT2D eigenvalue weighted by molar-refractivity contribution is -0.131. The van der Waals surface area contributed by atoms with Gasteiger partial charge in [-0.25, -0.2) is 4.79 Å². The van der Waals surface area contributed by atoms with Crippen LogP contribution in [0.5, 0.6) is 5.75 Å². The average Bonchev–Trinajstić information content (AvgIpc) is 2.43. The van der Waals surface area contributed by atoms with Crippen LogP contribution in [0, 0.1) is 0 Å². The van der Waals surface area contributed by atoms with Gasteiger partial charge in [0.05, 0.1) is 12.5 Å². The predicted molar refractivity (Wildman–Crippen MR) is 71.8 cm³/mol. The van der Waals surface area contributed by atoms with E-state index in [1.807, 2.05) is 0 Å². The highest BCUT2D eigenvalue weighted by Gasteiger charge is 2.23. The number of carbonyl (C=O) groups excluding carboxylic acids is 2. The predicted octanol–water partition coefficient (Wildman–Crippen LogP) is 1.25. The largest absolute Gasteiger partial charge is 0.464 e. The van der Waals surface area contributed by atoms with Crippen LogP contribution in [0.25, 0.3) is 10.8 Å². The van der Waals surface area contributed by atoms with E-state index in [9.17, 15) is 14.4 Å². The summed E-state index contributed by atoms with van der Waals surface area (Å²) in [6, 6.07) is 6.60. The Morgan fingerprint density at radius 2 is 1.75 bits per heavy atom. The number of benzene rings is 1. The summed E-state index contributed by atoms with van der Waals surface area (Å²) in [6.45, 7) is 1.22. The van der Waals surface area contributed by atoms with E-state index >= 15 is 0 Å². The van der Waals surface area contributed by atoms with Crippen molar-refractivity contribution in [3.8, 4) is 5.75 Å². The number of methoxy groups -OCH3 is 1. The van der Waals surface area contributed by atoms with Crippen molar-refractivity contribution in [3.63, 3.8) is 0 Å². The van der Waals surface area contributed by atoms with Crippen molar-refractivity contribution in [2.24, 2.45) is 7.05 Å². The van der Waals surface area contributed by atoms with Crippen molar-refractivity contribution >= 4 is 22.7 Å². The van der Waals surface area contributed by atoms with E-state index in [2.05, 4.69) is 4.74 Å². The Hall–Kier alpha value is -2.63. The zero-order valence-electron chi connectivity index (χ0n) is 11.3. The molecule has 0 amide bonds. The molecule has 104 valence electrons. The zero-order valence-corrected chi connectivity index (χ0v) is 11.3. The molecule has 0 unspecified atom stereocenters. The third kappa shape index (κ3) is 2.16. The number of fused-ring (bicyclic) bond motifs is 1. The number of esters is 2. The first-order chi connectivity index (χ1) is 9.47. The number of hydrogen-bond acceptors (Lipinski definition) is 5. The number of nitrogens with zero attached hydrogens (tertiary/aromatic N) is 1. The lowest BCUT2D eigenvalue weighted by atomic mass is 10.1. The second-order valence-corrected chi connectivity index (χ2v) is 4.17. The molecule has 0 N–H and O–H groups in total. The fraction of sp³-hybridized carbons (Fsp3) is 0.214. The molecule has 2 rings (SSSR count). The smallest absolute Gasteiger partial charge is 0.358 e. The van der Waals surface area contributed by atoms with Gasteiger partial charge in [-0.2, -0.15) is 0 Å². The van der Waals surface area contributed by atoms with Crippen molar-refractivity contribution in [3.05, 3.63) is 40.3 Å². The summed E-state index contributed by atoms with van der Waals surface area (Å²) >= 11 is 0. The van der Waals surface area contributed by atoms with E-state index in [0.29, 0.717) is 10.8 Å². The Morgan fingerprint density at radius 1 is 1.15 bits per heavy atom. The first-order valence-corrected chi connectivity index (χ1v) is 5.85. The van der Waals surface area contributed by atoms with Gasteiger partial charge in [0.25, 0.3) is 5.56 Å². The molecule has 6 heteroatoms. The molecule has 1 aromatic carbocycles. The second-order valence-electron chi connectivity index (χ2n) is 4.17. The van der Waals surface area contributed by atoms with Crippen LogP contribution in [0.15, 0.2) is 29.1 Å². The summed E-state index contributed by atoms with van der Waals surface area (Å²) in [4.78, 5) is 35.3. The maximum absolute atomic E-state index is 12.2. The zero-order chi connectivity index (χ0) is 14.9. The molecule has 0 saturated heterocycles. The number of pyridine rings is 1. The molecular weight excluding hydrogens is 262 g/mol. The van der Waals surface area contributed by atoms with Gasteiger partial charge in [0, 0.05) is 19.4 Å². The second kappa shape index (κ2) is 5.16. The standard InChI is InChI=1S/C14H13NO5/c1-8(16)20-12-9-6-4-5-7-10(9)13(17)15(2)11(12)14(18)19-3/h4-7H,1-3H3. The van der Waals surface area contributed by atoms with Crippen LogP contribution < -0.4 is 10.3 Å². The SMILES string of the molecule is COC(=O)c1c(OC(C)=O)c2ccccc2c(=O)n1C. The third-order valence-electron chi connectivity index (χ3n) is 2.88. The molecule has 1 aromatic heterocycles. The molecule has 0 aliphatic carbocycles.